The Morgan fingerprint density at radius 2 is 1.74 bits per heavy atom. The number of ether oxygens (including phenoxy) is 1. The van der Waals surface area contributed by atoms with Gasteiger partial charge >= 0.3 is 0 Å². The van der Waals surface area contributed by atoms with Crippen molar-refractivity contribution in [2.24, 2.45) is 0 Å². The number of sulfone groups is 1. The molecule has 2 aromatic carbocycles. The van der Waals surface area contributed by atoms with Crippen LogP contribution in [0.15, 0.2) is 58.8 Å². The van der Waals surface area contributed by atoms with Crippen molar-refractivity contribution in [1.82, 2.24) is 9.97 Å². The molecule has 11 heteroatoms. The Balaban J connectivity index is 1.75. The first-order valence-corrected chi connectivity index (χ1v) is 15.9. The van der Waals surface area contributed by atoms with Gasteiger partial charge in [-0.3, -0.25) is 0 Å². The van der Waals surface area contributed by atoms with E-state index < -0.39 is 22.2 Å². The first kappa shape index (κ1) is 25.2. The normalized spacial score (nSPS) is 12.2. The van der Waals surface area contributed by atoms with Crippen molar-refractivity contribution in [3.8, 4) is 5.75 Å². The lowest BCUT2D eigenvalue weighted by Crippen LogP contribution is -2.15. The molecule has 0 bridgehead atoms. The zero-order valence-electron chi connectivity index (χ0n) is 20.1. The second-order valence-corrected chi connectivity index (χ2v) is 15.2. The van der Waals surface area contributed by atoms with Crippen molar-refractivity contribution in [2.45, 2.75) is 24.0 Å². The standard InChI is InChI=1S/C24H27N4O4PS2/c1-15(2)35(30,31)21-9-7-6-8-18(21)25-23-22-19(12-13-34-22)27-24(28-23)26-17-11-10-16(33(4,5)29)14-20(17)32-3/h6-15H,1-5H3,(H2,25,26,27,28). The molecular weight excluding hydrogens is 503 g/mol. The van der Waals surface area contributed by atoms with Gasteiger partial charge in [0.15, 0.2) is 15.7 Å². The van der Waals surface area contributed by atoms with Crippen molar-refractivity contribution >= 4 is 67.0 Å². The van der Waals surface area contributed by atoms with Crippen LogP contribution in [0.5, 0.6) is 5.75 Å². The van der Waals surface area contributed by atoms with E-state index in [2.05, 4.69) is 20.6 Å². The second-order valence-electron chi connectivity index (χ2n) is 8.61. The summed E-state index contributed by atoms with van der Waals surface area (Å²) in [6.07, 6.45) is 0. The molecule has 0 aliphatic carbocycles. The monoisotopic (exact) mass is 530 g/mol. The van der Waals surface area contributed by atoms with Crippen LogP contribution in [-0.2, 0) is 14.4 Å². The molecular formula is C24H27N4O4PS2. The highest BCUT2D eigenvalue weighted by atomic mass is 32.2. The molecule has 2 aromatic heterocycles. The molecule has 4 aromatic rings. The zero-order chi connectivity index (χ0) is 25.4. The van der Waals surface area contributed by atoms with Gasteiger partial charge in [-0.25, -0.2) is 13.4 Å². The quantitative estimate of drug-likeness (QED) is 0.283. The number of nitrogens with one attached hydrogen (secondary N) is 2. The number of hydrogen-bond acceptors (Lipinski definition) is 9. The lowest BCUT2D eigenvalue weighted by atomic mass is 10.3. The fourth-order valence-electron chi connectivity index (χ4n) is 3.44. The van der Waals surface area contributed by atoms with E-state index in [1.54, 1.807) is 76.8 Å². The van der Waals surface area contributed by atoms with Crippen LogP contribution < -0.4 is 20.7 Å². The number of anilines is 4. The summed E-state index contributed by atoms with van der Waals surface area (Å²) in [6, 6.07) is 14.0. The SMILES string of the molecule is COc1cc(P(C)(C)=O)ccc1Nc1nc(Nc2ccccc2S(=O)(=O)C(C)C)c2sccc2n1. The summed E-state index contributed by atoms with van der Waals surface area (Å²) in [5.41, 5.74) is 1.78. The minimum Gasteiger partial charge on any atom is -0.495 e. The van der Waals surface area contributed by atoms with Crippen molar-refractivity contribution in [3.63, 3.8) is 0 Å². The van der Waals surface area contributed by atoms with Crippen LogP contribution in [0.3, 0.4) is 0 Å². The molecule has 35 heavy (non-hydrogen) atoms. The van der Waals surface area contributed by atoms with Gasteiger partial charge in [0, 0.05) is 5.30 Å². The molecule has 0 radical (unpaired) electrons. The van der Waals surface area contributed by atoms with Crippen LogP contribution in [0, 0.1) is 0 Å². The Hall–Kier alpha value is -2.94. The third kappa shape index (κ3) is 5.19. The summed E-state index contributed by atoms with van der Waals surface area (Å²) in [7, 11) is -4.42. The van der Waals surface area contributed by atoms with Crippen molar-refractivity contribution in [1.29, 1.82) is 0 Å². The molecule has 4 rings (SSSR count). The smallest absolute Gasteiger partial charge is 0.229 e. The van der Waals surface area contributed by atoms with E-state index in [1.165, 1.54) is 11.3 Å². The molecule has 184 valence electrons. The number of para-hydroxylation sites is 1. The van der Waals surface area contributed by atoms with E-state index >= 15 is 0 Å². The Bertz CT molecular complexity index is 1540. The van der Waals surface area contributed by atoms with Crippen molar-refractivity contribution in [3.05, 3.63) is 53.9 Å². The maximum Gasteiger partial charge on any atom is 0.229 e. The molecule has 0 fully saturated rings. The van der Waals surface area contributed by atoms with Gasteiger partial charge in [0.1, 0.15) is 12.9 Å². The summed E-state index contributed by atoms with van der Waals surface area (Å²) < 4.78 is 44.6. The summed E-state index contributed by atoms with van der Waals surface area (Å²) in [5.74, 6) is 1.31. The predicted molar refractivity (Wildman–Crippen MR) is 145 cm³/mol. The number of benzene rings is 2. The first-order valence-electron chi connectivity index (χ1n) is 10.9. The third-order valence-electron chi connectivity index (χ3n) is 5.42. The molecule has 0 amide bonds. The van der Waals surface area contributed by atoms with Crippen LogP contribution in [0.1, 0.15) is 13.8 Å². The zero-order valence-corrected chi connectivity index (χ0v) is 22.6. The Kier molecular flexibility index (Phi) is 6.90. The van der Waals surface area contributed by atoms with E-state index in [-0.39, 0.29) is 4.90 Å². The van der Waals surface area contributed by atoms with E-state index in [0.29, 0.717) is 39.7 Å². The largest absolute Gasteiger partial charge is 0.495 e. The predicted octanol–water partition coefficient (Wildman–Crippen LogP) is 5.62. The maximum atomic E-state index is 12.9. The average Bonchev–Trinajstić information content (AvgIpc) is 3.28. The number of thiophene rings is 1. The van der Waals surface area contributed by atoms with Crippen LogP contribution in [0.2, 0.25) is 0 Å². The number of aromatic nitrogens is 2. The molecule has 0 aliphatic rings. The van der Waals surface area contributed by atoms with Gasteiger partial charge in [-0.1, -0.05) is 12.1 Å². The van der Waals surface area contributed by atoms with E-state index in [9.17, 15) is 13.0 Å². The number of hydrogen-bond donors (Lipinski definition) is 2. The van der Waals surface area contributed by atoms with Gasteiger partial charge in [-0.2, -0.15) is 4.98 Å². The number of methoxy groups -OCH3 is 1. The van der Waals surface area contributed by atoms with Crippen LogP contribution >= 0.6 is 18.5 Å². The number of nitrogens with zero attached hydrogens (tertiary/aromatic N) is 2. The fourth-order valence-corrected chi connectivity index (χ4v) is 6.28. The topological polar surface area (TPSA) is 110 Å². The number of fused-ring (bicyclic) bond motifs is 1. The molecule has 0 spiro atoms. The summed E-state index contributed by atoms with van der Waals surface area (Å²) in [6.45, 7) is 6.73. The summed E-state index contributed by atoms with van der Waals surface area (Å²) >= 11 is 1.46. The van der Waals surface area contributed by atoms with Crippen molar-refractivity contribution in [2.75, 3.05) is 31.1 Å². The lowest BCUT2D eigenvalue weighted by Gasteiger charge is -2.16. The van der Waals surface area contributed by atoms with Gasteiger partial charge in [0.25, 0.3) is 0 Å². The summed E-state index contributed by atoms with van der Waals surface area (Å²) in [4.78, 5) is 9.46. The third-order valence-corrected chi connectivity index (χ3v) is 10.1. The van der Waals surface area contributed by atoms with E-state index in [4.69, 9.17) is 4.74 Å². The van der Waals surface area contributed by atoms with Gasteiger partial charge in [0.05, 0.1) is 38.8 Å². The van der Waals surface area contributed by atoms with Gasteiger partial charge in [-0.05, 0) is 69.0 Å². The van der Waals surface area contributed by atoms with E-state index in [1.807, 2.05) is 11.4 Å². The van der Waals surface area contributed by atoms with Gasteiger partial charge in [0.2, 0.25) is 5.95 Å². The van der Waals surface area contributed by atoms with Gasteiger partial charge in [-0.15, -0.1) is 11.3 Å². The maximum absolute atomic E-state index is 12.9. The molecule has 0 atom stereocenters. The highest BCUT2D eigenvalue weighted by molar-refractivity contribution is 7.92. The van der Waals surface area contributed by atoms with Crippen LogP contribution in [0.4, 0.5) is 23.1 Å². The summed E-state index contributed by atoms with van der Waals surface area (Å²) in [5, 5.41) is 8.45. The van der Waals surface area contributed by atoms with Crippen molar-refractivity contribution < 1.29 is 17.7 Å². The first-order chi connectivity index (χ1) is 16.5. The molecule has 0 aliphatic heterocycles. The lowest BCUT2D eigenvalue weighted by molar-refractivity contribution is 0.417. The fraction of sp³-hybridized carbons (Fsp3) is 0.250. The highest BCUT2D eigenvalue weighted by Crippen LogP contribution is 2.38. The molecule has 0 saturated carbocycles. The minimum atomic E-state index is -3.51. The second kappa shape index (κ2) is 9.60. The minimum absolute atomic E-state index is 0.216. The van der Waals surface area contributed by atoms with Gasteiger partial charge < -0.3 is 19.9 Å². The van der Waals surface area contributed by atoms with E-state index in [0.717, 1.165) is 4.70 Å². The van der Waals surface area contributed by atoms with Crippen LogP contribution in [0.25, 0.3) is 10.2 Å². The Morgan fingerprint density at radius 3 is 2.43 bits per heavy atom. The molecule has 2 N–H and O–H groups in total. The molecule has 0 unspecified atom stereocenters. The molecule has 8 nitrogen and oxygen atoms in total. The molecule has 0 saturated heterocycles. The highest BCUT2D eigenvalue weighted by Gasteiger charge is 2.23. The Morgan fingerprint density at radius 1 is 1.00 bits per heavy atom. The Labute approximate surface area is 209 Å². The average molecular weight is 531 g/mol. The number of rotatable bonds is 8. The van der Waals surface area contributed by atoms with Crippen LogP contribution in [-0.4, -0.2) is 44.1 Å². The molecule has 2 heterocycles.